The molecule has 0 aliphatic rings. The number of carboxylic acid groups (broad SMARTS) is 1. The highest BCUT2D eigenvalue weighted by Crippen LogP contribution is 2.23. The lowest BCUT2D eigenvalue weighted by molar-refractivity contribution is -0.145. The third-order valence-electron chi connectivity index (χ3n) is 4.91. The van der Waals surface area contributed by atoms with Gasteiger partial charge in [-0.05, 0) is 78.1 Å². The molecule has 0 aliphatic carbocycles. The maximum atomic E-state index is 13.1. The first-order valence-corrected chi connectivity index (χ1v) is 10.1. The van der Waals surface area contributed by atoms with Crippen LogP contribution in [0.4, 0.5) is 4.39 Å². The standard InChI is InChI=1S/C26H25FO4/c1-3-25(26(28)29)31-24-14-12-23(13-15-24)30-17-16-18(2)19-4-6-20(7-5-19)21-8-10-22(27)11-9-21/h4-16,25H,3,17H2,1-2H3,(H,28,29)/b18-16+. The lowest BCUT2D eigenvalue weighted by Gasteiger charge is -2.13. The summed E-state index contributed by atoms with van der Waals surface area (Å²) >= 11 is 0. The normalized spacial score (nSPS) is 12.3. The molecular weight excluding hydrogens is 395 g/mol. The fourth-order valence-corrected chi connectivity index (χ4v) is 3.04. The van der Waals surface area contributed by atoms with E-state index >= 15 is 0 Å². The Balaban J connectivity index is 1.55. The molecule has 0 aromatic heterocycles. The van der Waals surface area contributed by atoms with Gasteiger partial charge in [0, 0.05) is 0 Å². The van der Waals surface area contributed by atoms with E-state index in [1.807, 2.05) is 37.3 Å². The number of allylic oxidation sites excluding steroid dienone is 1. The molecule has 3 aromatic carbocycles. The second-order valence-corrected chi connectivity index (χ2v) is 7.11. The Kier molecular flexibility index (Phi) is 7.44. The van der Waals surface area contributed by atoms with Crippen LogP contribution in [0.5, 0.6) is 11.5 Å². The Bertz CT molecular complexity index is 1020. The molecule has 0 radical (unpaired) electrons. The molecule has 0 saturated heterocycles. The number of aliphatic carboxylic acids is 1. The highest BCUT2D eigenvalue weighted by atomic mass is 19.1. The molecule has 0 saturated carbocycles. The average Bonchev–Trinajstić information content (AvgIpc) is 2.79. The number of benzene rings is 3. The fourth-order valence-electron chi connectivity index (χ4n) is 3.04. The molecule has 0 spiro atoms. The Labute approximate surface area is 181 Å². The summed E-state index contributed by atoms with van der Waals surface area (Å²) in [7, 11) is 0. The van der Waals surface area contributed by atoms with E-state index in [0.29, 0.717) is 24.5 Å². The molecule has 1 unspecified atom stereocenters. The number of hydrogen-bond donors (Lipinski definition) is 1. The molecule has 4 nitrogen and oxygen atoms in total. The summed E-state index contributed by atoms with van der Waals surface area (Å²) in [5, 5.41) is 9.06. The van der Waals surface area contributed by atoms with Crippen LogP contribution < -0.4 is 9.47 Å². The summed E-state index contributed by atoms with van der Waals surface area (Å²) in [6.07, 6.45) is 1.53. The van der Waals surface area contributed by atoms with E-state index in [0.717, 1.165) is 22.3 Å². The van der Waals surface area contributed by atoms with Crippen LogP contribution >= 0.6 is 0 Å². The zero-order chi connectivity index (χ0) is 22.2. The van der Waals surface area contributed by atoms with E-state index < -0.39 is 12.1 Å². The molecule has 3 aromatic rings. The molecule has 0 aliphatic heterocycles. The largest absolute Gasteiger partial charge is 0.490 e. The van der Waals surface area contributed by atoms with Gasteiger partial charge in [0.05, 0.1) is 0 Å². The Morgan fingerprint density at radius 3 is 2.03 bits per heavy atom. The number of hydrogen-bond acceptors (Lipinski definition) is 3. The van der Waals surface area contributed by atoms with E-state index in [4.69, 9.17) is 14.6 Å². The number of carbonyl (C=O) groups is 1. The monoisotopic (exact) mass is 420 g/mol. The molecule has 5 heteroatoms. The van der Waals surface area contributed by atoms with E-state index in [1.165, 1.54) is 12.1 Å². The summed E-state index contributed by atoms with van der Waals surface area (Å²) in [6.45, 7) is 4.18. The van der Waals surface area contributed by atoms with Crippen molar-refractivity contribution in [2.45, 2.75) is 26.4 Å². The van der Waals surface area contributed by atoms with Crippen molar-refractivity contribution < 1.29 is 23.8 Å². The van der Waals surface area contributed by atoms with Crippen molar-refractivity contribution in [2.75, 3.05) is 6.61 Å². The van der Waals surface area contributed by atoms with Crippen molar-refractivity contribution >= 4 is 11.5 Å². The van der Waals surface area contributed by atoms with Gasteiger partial charge >= 0.3 is 5.97 Å². The molecule has 0 bridgehead atoms. The molecule has 0 heterocycles. The van der Waals surface area contributed by atoms with E-state index in [9.17, 15) is 9.18 Å². The maximum Gasteiger partial charge on any atom is 0.344 e. The van der Waals surface area contributed by atoms with Crippen molar-refractivity contribution in [3.8, 4) is 22.6 Å². The number of rotatable bonds is 9. The predicted molar refractivity (Wildman–Crippen MR) is 120 cm³/mol. The second-order valence-electron chi connectivity index (χ2n) is 7.11. The number of ether oxygens (including phenoxy) is 2. The van der Waals surface area contributed by atoms with E-state index in [1.54, 1.807) is 43.3 Å². The number of halogens is 1. The lowest BCUT2D eigenvalue weighted by Crippen LogP contribution is -2.25. The molecule has 3 rings (SSSR count). The maximum absolute atomic E-state index is 13.1. The molecule has 1 atom stereocenters. The first-order chi connectivity index (χ1) is 15.0. The molecule has 160 valence electrons. The summed E-state index contributed by atoms with van der Waals surface area (Å²) in [6, 6.07) is 21.4. The summed E-state index contributed by atoms with van der Waals surface area (Å²) in [5.41, 5.74) is 4.16. The van der Waals surface area contributed by atoms with Crippen LogP contribution in [0.1, 0.15) is 25.8 Å². The SMILES string of the molecule is CCC(Oc1ccc(OC/C=C(\C)c2ccc(-c3ccc(F)cc3)cc2)cc1)C(=O)O. The first kappa shape index (κ1) is 22.1. The van der Waals surface area contributed by atoms with Crippen molar-refractivity contribution in [3.63, 3.8) is 0 Å². The van der Waals surface area contributed by atoms with Gasteiger partial charge in [0.1, 0.15) is 23.9 Å². The van der Waals surface area contributed by atoms with Crippen LogP contribution in [0.3, 0.4) is 0 Å². The molecule has 1 N–H and O–H groups in total. The third kappa shape index (κ3) is 6.19. The molecule has 0 fully saturated rings. The fraction of sp³-hybridized carbons (Fsp3) is 0.192. The summed E-state index contributed by atoms with van der Waals surface area (Å²) in [5.74, 6) is -0.0538. The van der Waals surface area contributed by atoms with Gasteiger partial charge in [-0.25, -0.2) is 9.18 Å². The smallest absolute Gasteiger partial charge is 0.344 e. The van der Waals surface area contributed by atoms with Gasteiger partial charge in [0.25, 0.3) is 0 Å². The van der Waals surface area contributed by atoms with E-state index in [-0.39, 0.29) is 5.82 Å². The minimum Gasteiger partial charge on any atom is -0.490 e. The Morgan fingerprint density at radius 1 is 0.935 bits per heavy atom. The zero-order valence-electron chi connectivity index (χ0n) is 17.5. The van der Waals surface area contributed by atoms with Gasteiger partial charge in [-0.15, -0.1) is 0 Å². The van der Waals surface area contributed by atoms with Crippen LogP contribution in [-0.2, 0) is 4.79 Å². The summed E-state index contributed by atoms with van der Waals surface area (Å²) < 4.78 is 24.3. The Hall–Kier alpha value is -3.60. The minimum atomic E-state index is -0.978. The van der Waals surface area contributed by atoms with E-state index in [2.05, 4.69) is 0 Å². The highest BCUT2D eigenvalue weighted by molar-refractivity contribution is 5.72. The molecule has 31 heavy (non-hydrogen) atoms. The lowest BCUT2D eigenvalue weighted by atomic mass is 10.0. The molecule has 0 amide bonds. The van der Waals surface area contributed by atoms with Gasteiger partial charge in [-0.2, -0.15) is 0 Å². The van der Waals surface area contributed by atoms with Crippen molar-refractivity contribution in [3.05, 3.63) is 90.3 Å². The van der Waals surface area contributed by atoms with Gasteiger partial charge < -0.3 is 14.6 Å². The van der Waals surface area contributed by atoms with Crippen molar-refractivity contribution in [1.82, 2.24) is 0 Å². The van der Waals surface area contributed by atoms with Gasteiger partial charge in [-0.1, -0.05) is 43.3 Å². The number of carboxylic acids is 1. The quantitative estimate of drug-likeness (QED) is 0.447. The van der Waals surface area contributed by atoms with Gasteiger partial charge in [0.15, 0.2) is 6.10 Å². The van der Waals surface area contributed by atoms with Gasteiger partial charge in [-0.3, -0.25) is 0 Å². The first-order valence-electron chi connectivity index (χ1n) is 10.1. The summed E-state index contributed by atoms with van der Waals surface area (Å²) in [4.78, 5) is 11.1. The van der Waals surface area contributed by atoms with Crippen LogP contribution in [0.15, 0.2) is 78.9 Å². The van der Waals surface area contributed by atoms with Crippen molar-refractivity contribution in [2.24, 2.45) is 0 Å². The zero-order valence-corrected chi connectivity index (χ0v) is 17.5. The van der Waals surface area contributed by atoms with Crippen LogP contribution in [0.2, 0.25) is 0 Å². The Morgan fingerprint density at radius 2 is 1.48 bits per heavy atom. The highest BCUT2D eigenvalue weighted by Gasteiger charge is 2.16. The van der Waals surface area contributed by atoms with Crippen LogP contribution in [0, 0.1) is 5.82 Å². The molecular formula is C26H25FO4. The topological polar surface area (TPSA) is 55.8 Å². The third-order valence-corrected chi connectivity index (χ3v) is 4.91. The second kappa shape index (κ2) is 10.4. The van der Waals surface area contributed by atoms with Crippen LogP contribution in [0.25, 0.3) is 16.7 Å². The van der Waals surface area contributed by atoms with Gasteiger partial charge in [0.2, 0.25) is 0 Å². The minimum absolute atomic E-state index is 0.244. The average molecular weight is 420 g/mol. The van der Waals surface area contributed by atoms with Crippen molar-refractivity contribution in [1.29, 1.82) is 0 Å². The van der Waals surface area contributed by atoms with Crippen LogP contribution in [-0.4, -0.2) is 23.8 Å². The predicted octanol–water partition coefficient (Wildman–Crippen LogP) is 6.22.